The van der Waals surface area contributed by atoms with Gasteiger partial charge in [0.25, 0.3) is 0 Å². The molecule has 38 heavy (non-hydrogen) atoms. The maximum atomic E-state index is 13.7. The van der Waals surface area contributed by atoms with E-state index in [1.54, 1.807) is 43.3 Å². The predicted molar refractivity (Wildman–Crippen MR) is 149 cm³/mol. The lowest BCUT2D eigenvalue weighted by atomic mass is 10.0. The lowest BCUT2D eigenvalue weighted by Crippen LogP contribution is -2.41. The third-order valence-corrected chi connectivity index (χ3v) is 8.67. The number of hydrogen-bond acceptors (Lipinski definition) is 7. The van der Waals surface area contributed by atoms with Gasteiger partial charge in [0.1, 0.15) is 17.7 Å². The highest BCUT2D eigenvalue weighted by Gasteiger charge is 2.35. The number of amidine groups is 1. The Kier molecular flexibility index (Phi) is 8.53. The summed E-state index contributed by atoms with van der Waals surface area (Å²) < 4.78 is 39.7. The van der Waals surface area contributed by atoms with Crippen molar-refractivity contribution < 1.29 is 22.7 Å². The number of piperidine rings is 1. The fourth-order valence-electron chi connectivity index (χ4n) is 4.42. The molecule has 1 heterocycles. The van der Waals surface area contributed by atoms with Crippen LogP contribution in [0, 0.1) is 5.41 Å². The molecule has 0 radical (unpaired) electrons. The van der Waals surface area contributed by atoms with E-state index in [2.05, 4.69) is 5.32 Å². The Hall–Kier alpha value is -3.63. The SMILES string of the molecule is CCOC(=O)C(C)S(=O)(=O)N(Cc1ccc2ccc(C(=N)N)cc2c1)c1ccc(OC2CCNCC2)cc1. The number of sulfonamides is 1. The highest BCUT2D eigenvalue weighted by Crippen LogP contribution is 2.28. The van der Waals surface area contributed by atoms with Gasteiger partial charge in [-0.25, -0.2) is 8.42 Å². The van der Waals surface area contributed by atoms with Crippen molar-refractivity contribution in [3.8, 4) is 5.75 Å². The molecule has 10 heteroatoms. The molecule has 202 valence electrons. The van der Waals surface area contributed by atoms with E-state index in [9.17, 15) is 13.2 Å². The van der Waals surface area contributed by atoms with Gasteiger partial charge in [0, 0.05) is 5.56 Å². The van der Waals surface area contributed by atoms with Crippen LogP contribution in [0.5, 0.6) is 5.75 Å². The van der Waals surface area contributed by atoms with Crippen LogP contribution >= 0.6 is 0 Å². The topological polar surface area (TPSA) is 135 Å². The number of nitrogens with zero attached hydrogens (tertiary/aromatic N) is 1. The van der Waals surface area contributed by atoms with Gasteiger partial charge in [-0.2, -0.15) is 0 Å². The molecular weight excluding hydrogens is 504 g/mol. The highest BCUT2D eigenvalue weighted by molar-refractivity contribution is 7.94. The number of nitrogens with two attached hydrogens (primary N) is 1. The van der Waals surface area contributed by atoms with E-state index in [1.165, 1.54) is 11.2 Å². The summed E-state index contributed by atoms with van der Waals surface area (Å²) in [5, 5.41) is 11.4. The number of nitrogen functional groups attached to an aromatic ring is 1. The van der Waals surface area contributed by atoms with Crippen LogP contribution in [0.15, 0.2) is 60.7 Å². The van der Waals surface area contributed by atoms with Gasteiger partial charge in [-0.15, -0.1) is 0 Å². The first-order valence-corrected chi connectivity index (χ1v) is 14.2. The Bertz CT molecular complexity index is 1400. The largest absolute Gasteiger partial charge is 0.490 e. The molecule has 1 atom stereocenters. The molecule has 4 rings (SSSR count). The molecule has 4 N–H and O–H groups in total. The van der Waals surface area contributed by atoms with Gasteiger partial charge >= 0.3 is 5.97 Å². The number of carbonyl (C=O) groups excluding carboxylic acids is 1. The minimum Gasteiger partial charge on any atom is -0.490 e. The summed E-state index contributed by atoms with van der Waals surface area (Å²) in [7, 11) is -4.13. The summed E-state index contributed by atoms with van der Waals surface area (Å²) in [4.78, 5) is 12.4. The number of hydrogen-bond donors (Lipinski definition) is 3. The van der Waals surface area contributed by atoms with E-state index in [1.807, 2.05) is 24.3 Å². The maximum absolute atomic E-state index is 13.7. The Labute approximate surface area is 223 Å². The number of rotatable bonds is 10. The fraction of sp³-hybridized carbons (Fsp3) is 0.357. The molecule has 1 fully saturated rings. The fourth-order valence-corrected chi connectivity index (χ4v) is 5.86. The standard InChI is InChI=1S/C28H34N4O5S/c1-3-36-28(33)19(2)38(34,35)32(24-8-10-25(11-9-24)37-26-12-14-31-15-13-26)18-20-4-5-21-6-7-22(27(29)30)17-23(21)16-20/h4-11,16-17,19,26,31H,3,12-15,18H2,1-2H3,(H3,29,30). The predicted octanol–water partition coefficient (Wildman–Crippen LogP) is 3.54. The molecule has 1 aliphatic rings. The zero-order valence-corrected chi connectivity index (χ0v) is 22.5. The van der Waals surface area contributed by atoms with Crippen LogP contribution in [0.25, 0.3) is 10.8 Å². The van der Waals surface area contributed by atoms with Crippen LogP contribution < -0.4 is 20.1 Å². The zero-order valence-electron chi connectivity index (χ0n) is 21.6. The second kappa shape index (κ2) is 11.8. The summed E-state index contributed by atoms with van der Waals surface area (Å²) in [5.74, 6) is -0.177. The van der Waals surface area contributed by atoms with Crippen LogP contribution in [-0.2, 0) is 26.1 Å². The summed E-state index contributed by atoms with van der Waals surface area (Å²) in [6, 6.07) is 18.0. The molecule has 3 aromatic carbocycles. The molecule has 1 saturated heterocycles. The van der Waals surface area contributed by atoms with E-state index >= 15 is 0 Å². The molecular formula is C28H34N4O5S. The van der Waals surface area contributed by atoms with E-state index in [0.717, 1.165) is 36.7 Å². The van der Waals surface area contributed by atoms with Crippen molar-refractivity contribution in [1.82, 2.24) is 5.32 Å². The summed E-state index contributed by atoms with van der Waals surface area (Å²) in [6.45, 7) is 4.88. The summed E-state index contributed by atoms with van der Waals surface area (Å²) >= 11 is 0. The van der Waals surface area contributed by atoms with Crippen LogP contribution in [0.4, 0.5) is 5.69 Å². The number of ether oxygens (including phenoxy) is 2. The van der Waals surface area contributed by atoms with Gasteiger partial charge in [0.15, 0.2) is 5.25 Å². The maximum Gasteiger partial charge on any atom is 0.325 e. The van der Waals surface area contributed by atoms with Crippen LogP contribution in [0.3, 0.4) is 0 Å². The molecule has 1 unspecified atom stereocenters. The molecule has 0 aliphatic carbocycles. The first kappa shape index (κ1) is 27.4. The second-order valence-corrected chi connectivity index (χ2v) is 11.5. The lowest BCUT2D eigenvalue weighted by Gasteiger charge is -2.28. The smallest absolute Gasteiger partial charge is 0.325 e. The van der Waals surface area contributed by atoms with Gasteiger partial charge in [-0.1, -0.05) is 24.3 Å². The third kappa shape index (κ3) is 6.25. The zero-order chi connectivity index (χ0) is 27.3. The van der Waals surface area contributed by atoms with Crippen molar-refractivity contribution in [3.63, 3.8) is 0 Å². The molecule has 0 aromatic heterocycles. The second-order valence-electron chi connectivity index (χ2n) is 9.32. The van der Waals surface area contributed by atoms with E-state index < -0.39 is 21.2 Å². The summed E-state index contributed by atoms with van der Waals surface area (Å²) in [6.07, 6.45) is 1.93. The van der Waals surface area contributed by atoms with Crippen LogP contribution in [-0.4, -0.2) is 51.3 Å². The number of fused-ring (bicyclic) bond motifs is 1. The van der Waals surface area contributed by atoms with E-state index in [0.29, 0.717) is 22.6 Å². The Morgan fingerprint density at radius 1 is 1.08 bits per heavy atom. The summed E-state index contributed by atoms with van der Waals surface area (Å²) in [5.41, 5.74) is 7.36. The molecule has 3 aromatic rings. The van der Waals surface area contributed by atoms with Crippen molar-refractivity contribution in [1.29, 1.82) is 5.41 Å². The molecule has 0 bridgehead atoms. The quantitative estimate of drug-likeness (QED) is 0.204. The molecule has 1 aliphatic heterocycles. The van der Waals surface area contributed by atoms with E-state index in [-0.39, 0.29) is 25.1 Å². The first-order valence-electron chi connectivity index (χ1n) is 12.7. The van der Waals surface area contributed by atoms with Gasteiger partial charge in [0.05, 0.1) is 18.8 Å². The number of esters is 1. The Morgan fingerprint density at radius 3 is 2.42 bits per heavy atom. The van der Waals surface area contributed by atoms with Gasteiger partial charge in [-0.3, -0.25) is 14.5 Å². The number of carbonyl (C=O) groups is 1. The number of nitrogens with one attached hydrogen (secondary N) is 2. The van der Waals surface area contributed by atoms with E-state index in [4.69, 9.17) is 20.6 Å². The third-order valence-electron chi connectivity index (χ3n) is 6.63. The van der Waals surface area contributed by atoms with Crippen molar-refractivity contribution in [2.75, 3.05) is 24.0 Å². The Balaban J connectivity index is 1.67. The monoisotopic (exact) mass is 538 g/mol. The van der Waals surface area contributed by atoms with Crippen molar-refractivity contribution >= 4 is 38.3 Å². The van der Waals surface area contributed by atoms with Crippen molar-refractivity contribution in [2.45, 2.75) is 44.6 Å². The minimum atomic E-state index is -4.13. The highest BCUT2D eigenvalue weighted by atomic mass is 32.2. The first-order chi connectivity index (χ1) is 18.2. The lowest BCUT2D eigenvalue weighted by molar-refractivity contribution is -0.142. The van der Waals surface area contributed by atoms with Gasteiger partial charge in [-0.05, 0) is 92.5 Å². The average molecular weight is 539 g/mol. The molecule has 0 spiro atoms. The van der Waals surface area contributed by atoms with Gasteiger partial charge < -0.3 is 20.5 Å². The van der Waals surface area contributed by atoms with Crippen LogP contribution in [0.1, 0.15) is 37.8 Å². The normalized spacial score (nSPS) is 15.1. The van der Waals surface area contributed by atoms with Crippen molar-refractivity contribution in [3.05, 3.63) is 71.8 Å². The average Bonchev–Trinajstić information content (AvgIpc) is 2.92. The molecule has 0 saturated carbocycles. The number of benzene rings is 3. The minimum absolute atomic E-state index is 0.000809. The molecule has 9 nitrogen and oxygen atoms in total. The molecule has 0 amide bonds. The number of anilines is 1. The van der Waals surface area contributed by atoms with Gasteiger partial charge in [0.2, 0.25) is 10.0 Å². The van der Waals surface area contributed by atoms with Crippen LogP contribution in [0.2, 0.25) is 0 Å². The Morgan fingerprint density at radius 2 is 1.76 bits per heavy atom. The van der Waals surface area contributed by atoms with Crippen molar-refractivity contribution in [2.24, 2.45) is 5.73 Å².